The summed E-state index contributed by atoms with van der Waals surface area (Å²) in [5, 5.41) is 12.8. The monoisotopic (exact) mass is 372 g/mol. The number of halogens is 2. The minimum absolute atomic E-state index is 0.157. The van der Waals surface area contributed by atoms with Crippen LogP contribution in [0.1, 0.15) is 32.6 Å². The number of benzene rings is 1. The van der Waals surface area contributed by atoms with E-state index >= 15 is 0 Å². The second-order valence-corrected chi connectivity index (χ2v) is 6.96. The summed E-state index contributed by atoms with van der Waals surface area (Å²) in [6.45, 7) is 6.17. The number of carbonyl (C=O) groups excluding carboxylic acids is 1. The summed E-state index contributed by atoms with van der Waals surface area (Å²) >= 11 is 13.2. The Kier molecular flexibility index (Phi) is 6.33. The van der Waals surface area contributed by atoms with Crippen molar-refractivity contribution in [2.24, 2.45) is 0 Å². The molecule has 1 aromatic carbocycles. The third-order valence-electron chi connectivity index (χ3n) is 3.11. The zero-order valence-corrected chi connectivity index (χ0v) is 15.5. The molecule has 0 unspecified atom stereocenters. The van der Waals surface area contributed by atoms with Gasteiger partial charge in [-0.2, -0.15) is 0 Å². The highest BCUT2D eigenvalue weighted by molar-refractivity contribution is 7.99. The van der Waals surface area contributed by atoms with Crippen LogP contribution < -0.4 is 5.32 Å². The zero-order chi connectivity index (χ0) is 17.0. The van der Waals surface area contributed by atoms with Gasteiger partial charge in [-0.05, 0) is 32.0 Å². The highest BCUT2D eigenvalue weighted by Crippen LogP contribution is 2.26. The third kappa shape index (κ3) is 4.62. The standard InChI is InChI=1S/C15H18Cl2N4OS/c1-4-13-19-20-15(21(13)9(2)3)23-8-14(22)18-12-6-5-10(16)7-11(12)17/h5-7,9H,4,8H2,1-3H3,(H,18,22). The van der Waals surface area contributed by atoms with Crippen LogP contribution in [-0.4, -0.2) is 26.4 Å². The first-order valence-corrected chi connectivity index (χ1v) is 8.98. The van der Waals surface area contributed by atoms with Gasteiger partial charge in [-0.25, -0.2) is 0 Å². The molecule has 0 spiro atoms. The quantitative estimate of drug-likeness (QED) is 0.760. The molecule has 2 aromatic rings. The topological polar surface area (TPSA) is 59.8 Å². The van der Waals surface area contributed by atoms with Crippen molar-refractivity contribution in [1.82, 2.24) is 14.8 Å². The van der Waals surface area contributed by atoms with E-state index in [2.05, 4.69) is 29.4 Å². The Balaban J connectivity index is 2.01. The minimum atomic E-state index is -0.157. The first-order chi connectivity index (χ1) is 10.9. The number of rotatable bonds is 6. The number of thioether (sulfide) groups is 1. The third-order valence-corrected chi connectivity index (χ3v) is 4.60. The Labute approximate surface area is 149 Å². The molecule has 0 atom stereocenters. The van der Waals surface area contributed by atoms with E-state index in [0.29, 0.717) is 15.7 Å². The maximum Gasteiger partial charge on any atom is 0.234 e. The fourth-order valence-electron chi connectivity index (χ4n) is 2.07. The highest BCUT2D eigenvalue weighted by atomic mass is 35.5. The molecule has 23 heavy (non-hydrogen) atoms. The van der Waals surface area contributed by atoms with E-state index in [-0.39, 0.29) is 17.7 Å². The number of hydrogen-bond donors (Lipinski definition) is 1. The highest BCUT2D eigenvalue weighted by Gasteiger charge is 2.15. The molecule has 0 saturated carbocycles. The van der Waals surface area contributed by atoms with Crippen molar-refractivity contribution < 1.29 is 4.79 Å². The molecule has 1 aromatic heterocycles. The Bertz CT molecular complexity index is 703. The van der Waals surface area contributed by atoms with Crippen molar-refractivity contribution in [3.63, 3.8) is 0 Å². The van der Waals surface area contributed by atoms with Crippen molar-refractivity contribution in [3.05, 3.63) is 34.1 Å². The summed E-state index contributed by atoms with van der Waals surface area (Å²) in [5.41, 5.74) is 0.543. The lowest BCUT2D eigenvalue weighted by Gasteiger charge is -2.13. The molecule has 2 rings (SSSR count). The lowest BCUT2D eigenvalue weighted by Crippen LogP contribution is -2.15. The number of nitrogens with one attached hydrogen (secondary N) is 1. The number of anilines is 1. The van der Waals surface area contributed by atoms with Gasteiger partial charge in [0.1, 0.15) is 5.82 Å². The van der Waals surface area contributed by atoms with Crippen molar-refractivity contribution >= 4 is 46.6 Å². The number of nitrogens with zero attached hydrogens (tertiary/aromatic N) is 3. The van der Waals surface area contributed by atoms with Gasteiger partial charge in [0.05, 0.1) is 16.5 Å². The summed E-state index contributed by atoms with van der Waals surface area (Å²) in [7, 11) is 0. The van der Waals surface area contributed by atoms with Crippen molar-refractivity contribution in [3.8, 4) is 0 Å². The van der Waals surface area contributed by atoms with Crippen LogP contribution in [0.2, 0.25) is 10.0 Å². The van der Waals surface area contributed by atoms with E-state index in [0.717, 1.165) is 17.4 Å². The molecule has 0 bridgehead atoms. The SMILES string of the molecule is CCc1nnc(SCC(=O)Nc2ccc(Cl)cc2Cl)n1C(C)C. The maximum absolute atomic E-state index is 12.1. The van der Waals surface area contributed by atoms with E-state index in [4.69, 9.17) is 23.2 Å². The molecule has 0 fully saturated rings. The number of hydrogen-bond acceptors (Lipinski definition) is 4. The molecule has 1 amide bonds. The molecule has 0 saturated heterocycles. The molecule has 0 aliphatic rings. The Hall–Kier alpha value is -1.24. The van der Waals surface area contributed by atoms with Crippen LogP contribution in [0.4, 0.5) is 5.69 Å². The van der Waals surface area contributed by atoms with Crippen molar-refractivity contribution in [2.75, 3.05) is 11.1 Å². The summed E-state index contributed by atoms with van der Waals surface area (Å²) in [4.78, 5) is 12.1. The number of aromatic nitrogens is 3. The molecule has 8 heteroatoms. The van der Waals surface area contributed by atoms with Gasteiger partial charge in [-0.1, -0.05) is 41.9 Å². The molecule has 5 nitrogen and oxygen atoms in total. The minimum Gasteiger partial charge on any atom is -0.324 e. The van der Waals surface area contributed by atoms with E-state index in [1.165, 1.54) is 11.8 Å². The summed E-state index contributed by atoms with van der Waals surface area (Å²) in [6, 6.07) is 5.20. The van der Waals surface area contributed by atoms with E-state index in [1.54, 1.807) is 18.2 Å². The first-order valence-electron chi connectivity index (χ1n) is 7.23. The smallest absolute Gasteiger partial charge is 0.234 e. The Morgan fingerprint density at radius 3 is 2.70 bits per heavy atom. The number of aryl methyl sites for hydroxylation is 1. The molecule has 0 radical (unpaired) electrons. The molecule has 124 valence electrons. The Morgan fingerprint density at radius 1 is 1.35 bits per heavy atom. The van der Waals surface area contributed by atoms with Crippen LogP contribution in [0, 0.1) is 0 Å². The summed E-state index contributed by atoms with van der Waals surface area (Å²) in [6.07, 6.45) is 0.804. The first kappa shape index (κ1) is 18.1. The van der Waals surface area contributed by atoms with Crippen LogP contribution in [0.25, 0.3) is 0 Å². The van der Waals surface area contributed by atoms with Gasteiger partial charge < -0.3 is 9.88 Å². The molecule has 0 aliphatic heterocycles. The van der Waals surface area contributed by atoms with Crippen LogP contribution in [0.3, 0.4) is 0 Å². The van der Waals surface area contributed by atoms with E-state index in [1.807, 2.05) is 11.5 Å². The number of amides is 1. The molecule has 0 aliphatic carbocycles. The lowest BCUT2D eigenvalue weighted by atomic mass is 10.3. The fourth-order valence-corrected chi connectivity index (χ4v) is 3.41. The van der Waals surface area contributed by atoms with Gasteiger partial charge >= 0.3 is 0 Å². The largest absolute Gasteiger partial charge is 0.324 e. The lowest BCUT2D eigenvalue weighted by molar-refractivity contribution is -0.113. The van der Waals surface area contributed by atoms with Crippen molar-refractivity contribution in [2.45, 2.75) is 38.4 Å². The van der Waals surface area contributed by atoms with E-state index in [9.17, 15) is 4.79 Å². The molecule has 1 N–H and O–H groups in total. The molecular weight excluding hydrogens is 355 g/mol. The van der Waals surface area contributed by atoms with Crippen LogP contribution >= 0.6 is 35.0 Å². The average molecular weight is 373 g/mol. The molecule has 1 heterocycles. The van der Waals surface area contributed by atoms with Crippen LogP contribution in [-0.2, 0) is 11.2 Å². The van der Waals surface area contributed by atoms with E-state index < -0.39 is 0 Å². The molecular formula is C15H18Cl2N4OS. The Morgan fingerprint density at radius 2 is 2.09 bits per heavy atom. The second kappa shape index (κ2) is 8.04. The normalized spacial score (nSPS) is 11.0. The maximum atomic E-state index is 12.1. The average Bonchev–Trinajstić information content (AvgIpc) is 2.91. The van der Waals surface area contributed by atoms with Gasteiger partial charge in [0.2, 0.25) is 5.91 Å². The van der Waals surface area contributed by atoms with Gasteiger partial charge in [0.25, 0.3) is 0 Å². The predicted molar refractivity (Wildman–Crippen MR) is 95.6 cm³/mol. The number of carbonyl (C=O) groups is 1. The summed E-state index contributed by atoms with van der Waals surface area (Å²) in [5.74, 6) is 0.993. The van der Waals surface area contributed by atoms with Gasteiger partial charge in [-0.15, -0.1) is 10.2 Å². The van der Waals surface area contributed by atoms with Crippen LogP contribution in [0.5, 0.6) is 0 Å². The predicted octanol–water partition coefficient (Wildman–Crippen LogP) is 4.46. The van der Waals surface area contributed by atoms with Gasteiger partial charge in [-0.3, -0.25) is 4.79 Å². The zero-order valence-electron chi connectivity index (χ0n) is 13.1. The second-order valence-electron chi connectivity index (χ2n) is 5.18. The van der Waals surface area contributed by atoms with Gasteiger partial charge in [0.15, 0.2) is 5.16 Å². The summed E-state index contributed by atoms with van der Waals surface area (Å²) < 4.78 is 2.05. The van der Waals surface area contributed by atoms with Gasteiger partial charge in [0, 0.05) is 17.5 Å². The van der Waals surface area contributed by atoms with Crippen molar-refractivity contribution in [1.29, 1.82) is 0 Å². The fraction of sp³-hybridized carbons (Fsp3) is 0.400. The van der Waals surface area contributed by atoms with Crippen LogP contribution in [0.15, 0.2) is 23.4 Å².